The van der Waals surface area contributed by atoms with E-state index in [2.05, 4.69) is 14.1 Å². The SMILES string of the molecule is COC(=O)/C=C/CCOS(N)(=O)=O. The lowest BCUT2D eigenvalue weighted by Crippen LogP contribution is -2.16. The van der Waals surface area contributed by atoms with Crippen LogP contribution in [0.15, 0.2) is 12.2 Å². The lowest BCUT2D eigenvalue weighted by Gasteiger charge is -1.95. The topological polar surface area (TPSA) is 95.7 Å². The van der Waals surface area contributed by atoms with Gasteiger partial charge in [-0.25, -0.2) is 9.93 Å². The normalized spacial score (nSPS) is 11.8. The van der Waals surface area contributed by atoms with Crippen LogP contribution in [0.25, 0.3) is 0 Å². The van der Waals surface area contributed by atoms with Crippen LogP contribution >= 0.6 is 0 Å². The number of hydrogen-bond donors (Lipinski definition) is 1. The number of hydrogen-bond acceptors (Lipinski definition) is 5. The van der Waals surface area contributed by atoms with E-state index in [1.165, 1.54) is 19.3 Å². The summed E-state index contributed by atoms with van der Waals surface area (Å²) in [6.45, 7) is -0.0909. The Bertz CT molecular complexity index is 281. The molecule has 0 aliphatic rings. The minimum absolute atomic E-state index is 0.0909. The Balaban J connectivity index is 3.58. The highest BCUT2D eigenvalue weighted by Gasteiger charge is 1.99. The van der Waals surface area contributed by atoms with Crippen molar-refractivity contribution in [3.63, 3.8) is 0 Å². The number of esters is 1. The second kappa shape index (κ2) is 5.68. The standard InChI is InChI=1S/C6H11NO5S/c1-11-6(8)4-2-3-5-12-13(7,9)10/h2,4H,3,5H2,1H3,(H2,7,9,10)/b4-2+. The third-order valence-electron chi connectivity index (χ3n) is 0.987. The first-order valence-corrected chi connectivity index (χ1v) is 4.84. The fourth-order valence-corrected chi connectivity index (χ4v) is 0.808. The van der Waals surface area contributed by atoms with Crippen molar-refractivity contribution < 1.29 is 22.1 Å². The van der Waals surface area contributed by atoms with Gasteiger partial charge in [0.1, 0.15) is 0 Å². The summed E-state index contributed by atoms with van der Waals surface area (Å²) in [5.41, 5.74) is 0. The van der Waals surface area contributed by atoms with Gasteiger partial charge in [-0.1, -0.05) is 6.08 Å². The molecule has 0 amide bonds. The third-order valence-corrected chi connectivity index (χ3v) is 1.48. The molecule has 0 aliphatic carbocycles. The first-order chi connectivity index (χ1) is 5.95. The second-order valence-electron chi connectivity index (χ2n) is 2.03. The van der Waals surface area contributed by atoms with E-state index in [0.717, 1.165) is 0 Å². The van der Waals surface area contributed by atoms with Crippen molar-refractivity contribution >= 4 is 16.3 Å². The molecular weight excluding hydrogens is 198 g/mol. The molecule has 0 aromatic heterocycles. The zero-order valence-electron chi connectivity index (χ0n) is 7.10. The van der Waals surface area contributed by atoms with Crippen LogP contribution in [0.4, 0.5) is 0 Å². The summed E-state index contributed by atoms with van der Waals surface area (Å²) >= 11 is 0. The van der Waals surface area contributed by atoms with Gasteiger partial charge >= 0.3 is 16.3 Å². The summed E-state index contributed by atoms with van der Waals surface area (Å²) in [6.07, 6.45) is 2.87. The molecule has 6 nitrogen and oxygen atoms in total. The number of rotatable bonds is 5. The van der Waals surface area contributed by atoms with Crippen molar-refractivity contribution in [3.8, 4) is 0 Å². The highest BCUT2D eigenvalue weighted by atomic mass is 32.2. The minimum atomic E-state index is -3.88. The van der Waals surface area contributed by atoms with Gasteiger partial charge in [0.05, 0.1) is 13.7 Å². The maximum absolute atomic E-state index is 10.5. The number of nitrogens with two attached hydrogens (primary N) is 1. The van der Waals surface area contributed by atoms with Gasteiger partial charge in [-0.3, -0.25) is 4.18 Å². The van der Waals surface area contributed by atoms with Crippen molar-refractivity contribution in [2.75, 3.05) is 13.7 Å². The molecule has 0 rings (SSSR count). The van der Waals surface area contributed by atoms with Crippen molar-refractivity contribution in [1.82, 2.24) is 0 Å². The van der Waals surface area contributed by atoms with Gasteiger partial charge in [-0.2, -0.15) is 8.42 Å². The van der Waals surface area contributed by atoms with Crippen molar-refractivity contribution in [2.24, 2.45) is 5.14 Å². The highest BCUT2D eigenvalue weighted by molar-refractivity contribution is 7.84. The molecule has 0 bridgehead atoms. The lowest BCUT2D eigenvalue weighted by molar-refractivity contribution is -0.134. The molecule has 0 heterocycles. The molecule has 0 radical (unpaired) electrons. The molecule has 0 saturated carbocycles. The van der Waals surface area contributed by atoms with E-state index in [4.69, 9.17) is 0 Å². The first-order valence-electron chi connectivity index (χ1n) is 3.37. The summed E-state index contributed by atoms with van der Waals surface area (Å²) in [4.78, 5) is 10.5. The van der Waals surface area contributed by atoms with Crippen molar-refractivity contribution in [2.45, 2.75) is 6.42 Å². The lowest BCUT2D eigenvalue weighted by atomic mass is 10.4. The first kappa shape index (κ1) is 12.1. The fraction of sp³-hybridized carbons (Fsp3) is 0.500. The number of carbonyl (C=O) groups is 1. The van der Waals surface area contributed by atoms with Gasteiger partial charge in [0.2, 0.25) is 0 Å². The molecule has 0 spiro atoms. The Morgan fingerprint density at radius 3 is 2.62 bits per heavy atom. The molecule has 0 fully saturated rings. The van der Waals surface area contributed by atoms with Crippen molar-refractivity contribution in [1.29, 1.82) is 0 Å². The summed E-state index contributed by atoms with van der Waals surface area (Å²) in [7, 11) is -2.64. The van der Waals surface area contributed by atoms with Crippen LogP contribution in [0.2, 0.25) is 0 Å². The molecule has 7 heteroatoms. The molecule has 0 aromatic rings. The monoisotopic (exact) mass is 209 g/mol. The van der Waals surface area contributed by atoms with E-state index in [1.54, 1.807) is 0 Å². The van der Waals surface area contributed by atoms with Gasteiger partial charge in [-0.15, -0.1) is 0 Å². The van der Waals surface area contributed by atoms with Gasteiger partial charge in [0, 0.05) is 6.08 Å². The van der Waals surface area contributed by atoms with Crippen LogP contribution in [0.5, 0.6) is 0 Å². The van der Waals surface area contributed by atoms with E-state index >= 15 is 0 Å². The summed E-state index contributed by atoms with van der Waals surface area (Å²) in [5, 5.41) is 4.54. The predicted octanol–water partition coefficient (Wildman–Crippen LogP) is -0.674. The predicted molar refractivity (Wildman–Crippen MR) is 44.8 cm³/mol. The minimum Gasteiger partial charge on any atom is -0.466 e. The number of ether oxygens (including phenoxy) is 1. The van der Waals surface area contributed by atoms with Crippen LogP contribution < -0.4 is 5.14 Å². The highest BCUT2D eigenvalue weighted by Crippen LogP contribution is 1.89. The smallest absolute Gasteiger partial charge is 0.333 e. The molecule has 2 N–H and O–H groups in total. The summed E-state index contributed by atoms with van der Waals surface area (Å²) in [6, 6.07) is 0. The van der Waals surface area contributed by atoms with Gasteiger partial charge in [0.25, 0.3) is 0 Å². The van der Waals surface area contributed by atoms with Gasteiger partial charge < -0.3 is 4.74 Å². The Labute approximate surface area is 76.6 Å². The van der Waals surface area contributed by atoms with Gasteiger partial charge in [-0.05, 0) is 6.42 Å². The van der Waals surface area contributed by atoms with E-state index in [0.29, 0.717) is 0 Å². The molecule has 0 aliphatic heterocycles. The molecule has 0 aromatic carbocycles. The van der Waals surface area contributed by atoms with Crippen LogP contribution in [0, 0.1) is 0 Å². The van der Waals surface area contributed by atoms with E-state index in [-0.39, 0.29) is 13.0 Å². The zero-order valence-corrected chi connectivity index (χ0v) is 7.91. The van der Waals surface area contributed by atoms with Crippen LogP contribution in [-0.2, 0) is 24.0 Å². The summed E-state index contributed by atoms with van der Waals surface area (Å²) in [5.74, 6) is -0.504. The largest absolute Gasteiger partial charge is 0.466 e. The Morgan fingerprint density at radius 1 is 1.54 bits per heavy atom. The molecule has 0 saturated heterocycles. The summed E-state index contributed by atoms with van der Waals surface area (Å²) < 4.78 is 28.9. The maximum Gasteiger partial charge on any atom is 0.333 e. The number of methoxy groups -OCH3 is 1. The Morgan fingerprint density at radius 2 is 2.15 bits per heavy atom. The van der Waals surface area contributed by atoms with Crippen molar-refractivity contribution in [3.05, 3.63) is 12.2 Å². The van der Waals surface area contributed by atoms with Crippen LogP contribution in [-0.4, -0.2) is 28.1 Å². The van der Waals surface area contributed by atoms with Crippen LogP contribution in [0.3, 0.4) is 0 Å². The average Bonchev–Trinajstić information content (AvgIpc) is 2.01. The van der Waals surface area contributed by atoms with Gasteiger partial charge in [0.15, 0.2) is 0 Å². The molecular formula is C6H11NO5S. The average molecular weight is 209 g/mol. The molecule has 0 atom stereocenters. The van der Waals surface area contributed by atoms with E-state index in [1.807, 2.05) is 0 Å². The Kier molecular flexibility index (Phi) is 5.28. The zero-order chi connectivity index (χ0) is 10.3. The second-order valence-corrected chi connectivity index (χ2v) is 3.25. The Hall–Kier alpha value is -0.920. The maximum atomic E-state index is 10.5. The third kappa shape index (κ3) is 8.99. The fourth-order valence-electron chi connectivity index (χ4n) is 0.480. The number of carbonyl (C=O) groups excluding carboxylic acids is 1. The van der Waals surface area contributed by atoms with E-state index in [9.17, 15) is 13.2 Å². The quantitative estimate of drug-likeness (QED) is 0.368. The molecule has 76 valence electrons. The van der Waals surface area contributed by atoms with E-state index < -0.39 is 16.3 Å². The van der Waals surface area contributed by atoms with Crippen LogP contribution in [0.1, 0.15) is 6.42 Å². The molecule has 0 unspecified atom stereocenters. The molecule has 13 heavy (non-hydrogen) atoms.